The highest BCUT2D eigenvalue weighted by atomic mass is 32.1. The van der Waals surface area contributed by atoms with Crippen LogP contribution in [0.4, 0.5) is 11.4 Å². The molecular weight excluding hydrogens is 430 g/mol. The van der Waals surface area contributed by atoms with Gasteiger partial charge in [0.25, 0.3) is 0 Å². The van der Waals surface area contributed by atoms with Crippen LogP contribution in [0.1, 0.15) is 44.1 Å². The van der Waals surface area contributed by atoms with E-state index in [0.717, 1.165) is 42.8 Å². The fourth-order valence-electron chi connectivity index (χ4n) is 4.62. The van der Waals surface area contributed by atoms with Gasteiger partial charge in [0, 0.05) is 48.6 Å². The largest absolute Gasteiger partial charge is 0.378 e. The molecule has 0 aliphatic carbocycles. The molecule has 0 spiro atoms. The number of ether oxygens (including phenoxy) is 1. The van der Waals surface area contributed by atoms with E-state index in [0.29, 0.717) is 0 Å². The van der Waals surface area contributed by atoms with Gasteiger partial charge in [-0.15, -0.1) is 0 Å². The Kier molecular flexibility index (Phi) is 5.85. The number of pyridine rings is 1. The van der Waals surface area contributed by atoms with Gasteiger partial charge in [-0.2, -0.15) is 0 Å². The fourth-order valence-corrected chi connectivity index (χ4v) is 4.97. The zero-order valence-corrected chi connectivity index (χ0v) is 20.3. The normalized spacial score (nSPS) is 21.4. The molecule has 2 aromatic heterocycles. The van der Waals surface area contributed by atoms with Crippen LogP contribution in [0.5, 0.6) is 0 Å². The zero-order chi connectivity index (χ0) is 23.0. The van der Waals surface area contributed by atoms with Gasteiger partial charge in [-0.3, -0.25) is 4.98 Å². The van der Waals surface area contributed by atoms with Crippen molar-refractivity contribution in [2.75, 3.05) is 36.1 Å². The van der Waals surface area contributed by atoms with Crippen molar-refractivity contribution >= 4 is 28.7 Å². The summed E-state index contributed by atoms with van der Waals surface area (Å²) in [6, 6.07) is 17.0. The molecule has 5 rings (SSSR count). The number of aromatic nitrogens is 2. The summed E-state index contributed by atoms with van der Waals surface area (Å²) in [6.45, 7) is 10.1. The number of hydrogen-bond acceptors (Lipinski definition) is 4. The predicted octanol–water partition coefficient (Wildman–Crippen LogP) is 4.65. The fraction of sp³-hybridized carbons (Fsp3) is 0.385. The minimum atomic E-state index is -0.0339. The minimum absolute atomic E-state index is 0.00485. The van der Waals surface area contributed by atoms with Crippen molar-refractivity contribution in [2.45, 2.75) is 38.4 Å². The van der Waals surface area contributed by atoms with Crippen LogP contribution in [0.25, 0.3) is 0 Å². The highest BCUT2D eigenvalue weighted by molar-refractivity contribution is 7.80. The van der Waals surface area contributed by atoms with Crippen LogP contribution < -0.4 is 15.1 Å². The molecule has 172 valence electrons. The third-order valence-corrected chi connectivity index (χ3v) is 6.75. The van der Waals surface area contributed by atoms with Crippen LogP contribution in [-0.2, 0) is 10.3 Å². The van der Waals surface area contributed by atoms with Gasteiger partial charge in [-0.25, -0.2) is 0 Å². The topological polar surface area (TPSA) is 45.6 Å². The first-order chi connectivity index (χ1) is 15.9. The molecule has 0 unspecified atom stereocenters. The first-order valence-corrected chi connectivity index (χ1v) is 11.9. The molecule has 7 heteroatoms. The van der Waals surface area contributed by atoms with Gasteiger partial charge < -0.3 is 24.4 Å². The van der Waals surface area contributed by atoms with E-state index in [-0.39, 0.29) is 17.6 Å². The third kappa shape index (κ3) is 4.35. The van der Waals surface area contributed by atoms with E-state index in [1.54, 1.807) is 0 Å². The van der Waals surface area contributed by atoms with E-state index in [2.05, 4.69) is 94.2 Å². The first-order valence-electron chi connectivity index (χ1n) is 11.5. The molecule has 0 saturated carbocycles. The van der Waals surface area contributed by atoms with Gasteiger partial charge in [0.2, 0.25) is 0 Å². The molecule has 2 aliphatic heterocycles. The lowest BCUT2D eigenvalue weighted by Crippen LogP contribution is -2.36. The monoisotopic (exact) mass is 461 g/mol. The van der Waals surface area contributed by atoms with Gasteiger partial charge in [0.15, 0.2) is 5.11 Å². The van der Waals surface area contributed by atoms with E-state index in [4.69, 9.17) is 17.0 Å². The summed E-state index contributed by atoms with van der Waals surface area (Å²) in [5.74, 6) is 0. The maximum atomic E-state index is 5.87. The number of thiocarbonyl (C=S) groups is 1. The smallest absolute Gasteiger partial charge is 0.174 e. The Morgan fingerprint density at radius 2 is 1.73 bits per heavy atom. The zero-order valence-electron chi connectivity index (χ0n) is 19.4. The molecular formula is C26H31N5OS. The Labute approximate surface area is 201 Å². The van der Waals surface area contributed by atoms with E-state index >= 15 is 0 Å². The Bertz CT molecular complexity index is 1100. The van der Waals surface area contributed by atoms with Crippen molar-refractivity contribution in [1.82, 2.24) is 14.9 Å². The second kappa shape index (κ2) is 8.80. The van der Waals surface area contributed by atoms with Crippen LogP contribution in [-0.4, -0.2) is 41.0 Å². The molecule has 2 saturated heterocycles. The van der Waals surface area contributed by atoms with Crippen molar-refractivity contribution < 1.29 is 4.74 Å². The van der Waals surface area contributed by atoms with Crippen LogP contribution in [0.15, 0.2) is 67.1 Å². The van der Waals surface area contributed by atoms with Gasteiger partial charge in [0.05, 0.1) is 31.0 Å². The summed E-state index contributed by atoms with van der Waals surface area (Å²) < 4.78 is 7.76. The van der Waals surface area contributed by atoms with E-state index in [9.17, 15) is 0 Å². The lowest BCUT2D eigenvalue weighted by Gasteiger charge is -2.30. The van der Waals surface area contributed by atoms with E-state index in [1.165, 1.54) is 11.3 Å². The van der Waals surface area contributed by atoms with Gasteiger partial charge >= 0.3 is 0 Å². The summed E-state index contributed by atoms with van der Waals surface area (Å²) in [5, 5.41) is 4.27. The Morgan fingerprint density at radius 3 is 2.36 bits per heavy atom. The number of anilines is 2. The first kappa shape index (κ1) is 21.9. The van der Waals surface area contributed by atoms with Crippen LogP contribution in [0, 0.1) is 0 Å². The molecule has 2 fully saturated rings. The minimum Gasteiger partial charge on any atom is -0.378 e. The van der Waals surface area contributed by atoms with Crippen LogP contribution >= 0.6 is 12.2 Å². The summed E-state index contributed by atoms with van der Waals surface area (Å²) >= 11 is 5.87. The number of benzene rings is 1. The standard InChI is InChI=1S/C26H31N5OS/c1-26(2,3)30-13-11-19(18-30)24-23(22-6-4-5-12-27-22)28-25(33)31(24)21-9-7-20(8-10-21)29-14-16-32-17-15-29/h4-13,18,23-24H,14-17H2,1-3H3,(H,28,33)/t23-,24+/m1/s1. The summed E-state index contributed by atoms with van der Waals surface area (Å²) in [7, 11) is 0. The second-order valence-corrected chi connectivity index (χ2v) is 10.0. The second-order valence-electron chi connectivity index (χ2n) is 9.64. The third-order valence-electron chi connectivity index (χ3n) is 6.43. The van der Waals surface area contributed by atoms with Gasteiger partial charge in [-0.1, -0.05) is 6.07 Å². The molecule has 33 heavy (non-hydrogen) atoms. The number of nitrogens with one attached hydrogen (secondary N) is 1. The number of nitrogens with zero attached hydrogens (tertiary/aromatic N) is 4. The molecule has 6 nitrogen and oxygen atoms in total. The maximum absolute atomic E-state index is 5.87. The van der Waals surface area contributed by atoms with Crippen molar-refractivity contribution in [3.63, 3.8) is 0 Å². The van der Waals surface area contributed by atoms with Crippen molar-refractivity contribution in [3.8, 4) is 0 Å². The van der Waals surface area contributed by atoms with Crippen molar-refractivity contribution in [1.29, 1.82) is 0 Å². The number of morpholine rings is 1. The molecule has 1 N–H and O–H groups in total. The van der Waals surface area contributed by atoms with Crippen LogP contribution in [0.3, 0.4) is 0 Å². The van der Waals surface area contributed by atoms with Gasteiger partial charge in [0.1, 0.15) is 0 Å². The Hall–Kier alpha value is -2.90. The average molecular weight is 462 g/mol. The molecule has 0 amide bonds. The molecule has 2 atom stereocenters. The summed E-state index contributed by atoms with van der Waals surface area (Å²) in [6.07, 6.45) is 6.24. The molecule has 4 heterocycles. The van der Waals surface area contributed by atoms with Gasteiger partial charge in [-0.05, 0) is 81.0 Å². The molecule has 0 radical (unpaired) electrons. The molecule has 2 aliphatic rings. The van der Waals surface area contributed by atoms with E-state index < -0.39 is 0 Å². The molecule has 0 bridgehead atoms. The molecule has 3 aromatic rings. The number of hydrogen-bond donors (Lipinski definition) is 1. The lowest BCUT2D eigenvalue weighted by molar-refractivity contribution is 0.122. The Balaban J connectivity index is 1.51. The van der Waals surface area contributed by atoms with E-state index in [1.807, 2.05) is 18.3 Å². The summed E-state index contributed by atoms with van der Waals surface area (Å²) in [5.41, 5.74) is 4.51. The SMILES string of the molecule is CC(C)(C)n1ccc([C@H]2[C@@H](c3ccccn3)NC(=S)N2c2ccc(N3CCOCC3)cc2)c1. The lowest BCUT2D eigenvalue weighted by atomic mass is 9.98. The highest BCUT2D eigenvalue weighted by Crippen LogP contribution is 2.42. The average Bonchev–Trinajstić information content (AvgIpc) is 3.45. The summed E-state index contributed by atoms with van der Waals surface area (Å²) in [4.78, 5) is 9.26. The van der Waals surface area contributed by atoms with Crippen molar-refractivity contribution in [2.24, 2.45) is 0 Å². The quantitative estimate of drug-likeness (QED) is 0.571. The maximum Gasteiger partial charge on any atom is 0.174 e. The van der Waals surface area contributed by atoms with Crippen LogP contribution in [0.2, 0.25) is 0 Å². The predicted molar refractivity (Wildman–Crippen MR) is 137 cm³/mol. The molecule has 1 aromatic carbocycles. The van der Waals surface area contributed by atoms with Crippen molar-refractivity contribution in [3.05, 3.63) is 78.4 Å². The Morgan fingerprint density at radius 1 is 1.00 bits per heavy atom. The number of rotatable bonds is 4. The highest BCUT2D eigenvalue weighted by Gasteiger charge is 2.41.